The molecule has 0 aliphatic rings. The predicted molar refractivity (Wildman–Crippen MR) is 84.9 cm³/mol. The molecule has 7 heteroatoms. The lowest BCUT2D eigenvalue weighted by Crippen LogP contribution is -2.25. The molecule has 1 heterocycles. The van der Waals surface area contributed by atoms with E-state index in [9.17, 15) is 9.90 Å². The van der Waals surface area contributed by atoms with Crippen LogP contribution in [0.1, 0.15) is 29.1 Å². The van der Waals surface area contributed by atoms with Crippen molar-refractivity contribution in [3.63, 3.8) is 0 Å². The molecule has 0 saturated heterocycles. The van der Waals surface area contributed by atoms with Crippen LogP contribution in [0.15, 0.2) is 36.4 Å². The highest BCUT2D eigenvalue weighted by Gasteiger charge is 2.17. The number of amides is 1. The second-order valence-corrected chi connectivity index (χ2v) is 5.25. The van der Waals surface area contributed by atoms with Crippen LogP contribution < -0.4 is 10.6 Å². The van der Waals surface area contributed by atoms with Gasteiger partial charge in [-0.3, -0.25) is 4.79 Å². The average Bonchev–Trinajstić information content (AvgIpc) is 2.54. The molecule has 0 saturated carbocycles. The number of aliphatic hydroxyl groups excluding tert-OH is 1. The van der Waals surface area contributed by atoms with Gasteiger partial charge in [-0.05, 0) is 36.8 Å². The van der Waals surface area contributed by atoms with Gasteiger partial charge >= 0.3 is 0 Å². The van der Waals surface area contributed by atoms with Crippen LogP contribution in [0.4, 0.5) is 5.82 Å². The summed E-state index contributed by atoms with van der Waals surface area (Å²) in [5.41, 5.74) is 0.985. The highest BCUT2D eigenvalue weighted by Crippen LogP contribution is 2.21. The van der Waals surface area contributed by atoms with Crippen molar-refractivity contribution in [1.82, 2.24) is 15.5 Å². The number of carbonyl (C=O) groups is 1. The Hall–Kier alpha value is -2.18. The topological polar surface area (TPSA) is 87.1 Å². The lowest BCUT2D eigenvalue weighted by molar-refractivity contribution is 0.0957. The van der Waals surface area contributed by atoms with Gasteiger partial charge in [0.05, 0.1) is 12.1 Å². The summed E-state index contributed by atoms with van der Waals surface area (Å²) in [6.07, 6.45) is -0.724. The van der Waals surface area contributed by atoms with Crippen LogP contribution in [0.25, 0.3) is 0 Å². The highest BCUT2D eigenvalue weighted by atomic mass is 35.5. The maximum Gasteiger partial charge on any atom is 0.271 e. The average molecular weight is 321 g/mol. The van der Waals surface area contributed by atoms with Gasteiger partial charge in [0, 0.05) is 12.1 Å². The van der Waals surface area contributed by atoms with E-state index in [0.29, 0.717) is 10.8 Å². The van der Waals surface area contributed by atoms with E-state index in [1.807, 2.05) is 6.92 Å². The molecule has 0 spiro atoms. The van der Waals surface area contributed by atoms with E-state index in [0.717, 1.165) is 5.56 Å². The smallest absolute Gasteiger partial charge is 0.271 e. The molecule has 2 atom stereocenters. The molecule has 2 aromatic rings. The zero-order chi connectivity index (χ0) is 16.1. The highest BCUT2D eigenvalue weighted by molar-refractivity contribution is 6.30. The Morgan fingerprint density at radius 3 is 2.41 bits per heavy atom. The van der Waals surface area contributed by atoms with Crippen LogP contribution in [0.2, 0.25) is 5.02 Å². The number of nitrogens with zero attached hydrogens (tertiary/aromatic N) is 2. The number of halogens is 1. The number of aromatic nitrogens is 2. The summed E-state index contributed by atoms with van der Waals surface area (Å²) in [7, 11) is 1.53. The zero-order valence-electron chi connectivity index (χ0n) is 12.2. The molecule has 0 radical (unpaired) electrons. The minimum Gasteiger partial charge on any atom is -0.386 e. The first-order valence-corrected chi connectivity index (χ1v) is 7.15. The SMILES string of the molecule is CNC(=O)c1ccc(N[C@@H](C)[C@@H](O)c2ccc(Cl)cc2)nn1. The molecule has 3 N–H and O–H groups in total. The third kappa shape index (κ3) is 3.93. The van der Waals surface area contributed by atoms with E-state index in [1.165, 1.54) is 7.05 Å². The van der Waals surface area contributed by atoms with E-state index >= 15 is 0 Å². The van der Waals surface area contributed by atoms with Crippen molar-refractivity contribution >= 4 is 23.3 Å². The zero-order valence-corrected chi connectivity index (χ0v) is 13.0. The van der Waals surface area contributed by atoms with E-state index in [4.69, 9.17) is 11.6 Å². The van der Waals surface area contributed by atoms with Crippen molar-refractivity contribution in [2.75, 3.05) is 12.4 Å². The van der Waals surface area contributed by atoms with Crippen LogP contribution in [-0.4, -0.2) is 34.3 Å². The monoisotopic (exact) mass is 320 g/mol. The fourth-order valence-corrected chi connectivity index (χ4v) is 2.05. The number of carbonyl (C=O) groups excluding carboxylic acids is 1. The molecular weight excluding hydrogens is 304 g/mol. The molecule has 0 unspecified atom stereocenters. The Bertz CT molecular complexity index is 631. The van der Waals surface area contributed by atoms with Gasteiger partial charge in [-0.25, -0.2) is 0 Å². The van der Waals surface area contributed by atoms with Gasteiger partial charge < -0.3 is 15.7 Å². The van der Waals surface area contributed by atoms with Gasteiger partial charge in [0.2, 0.25) is 0 Å². The summed E-state index contributed by atoms with van der Waals surface area (Å²) in [6, 6.07) is 9.91. The molecule has 0 aliphatic heterocycles. The molecule has 1 aromatic heterocycles. The van der Waals surface area contributed by atoms with Crippen LogP contribution in [0, 0.1) is 0 Å². The van der Waals surface area contributed by atoms with Gasteiger partial charge in [0.1, 0.15) is 5.82 Å². The number of hydrogen-bond donors (Lipinski definition) is 3. The fraction of sp³-hybridized carbons (Fsp3) is 0.267. The molecule has 116 valence electrons. The molecule has 6 nitrogen and oxygen atoms in total. The predicted octanol–water partition coefficient (Wildman–Crippen LogP) is 2.02. The van der Waals surface area contributed by atoms with E-state index < -0.39 is 6.10 Å². The molecule has 22 heavy (non-hydrogen) atoms. The van der Waals surface area contributed by atoms with Crippen molar-refractivity contribution in [2.45, 2.75) is 19.1 Å². The summed E-state index contributed by atoms with van der Waals surface area (Å²) in [4.78, 5) is 11.4. The first kappa shape index (κ1) is 16.2. The number of aliphatic hydroxyl groups is 1. The minimum atomic E-state index is -0.724. The number of nitrogens with one attached hydrogen (secondary N) is 2. The fourth-order valence-electron chi connectivity index (χ4n) is 1.92. The summed E-state index contributed by atoms with van der Waals surface area (Å²) in [5, 5.41) is 24.2. The van der Waals surface area contributed by atoms with Crippen LogP contribution in [-0.2, 0) is 0 Å². The van der Waals surface area contributed by atoms with E-state index in [1.54, 1.807) is 36.4 Å². The molecule has 0 bridgehead atoms. The van der Waals surface area contributed by atoms with Crippen molar-refractivity contribution in [3.05, 3.63) is 52.7 Å². The van der Waals surface area contributed by atoms with Crippen molar-refractivity contribution < 1.29 is 9.90 Å². The molecule has 0 aliphatic carbocycles. The van der Waals surface area contributed by atoms with Crippen molar-refractivity contribution in [1.29, 1.82) is 0 Å². The third-order valence-corrected chi connectivity index (χ3v) is 3.44. The molecule has 2 rings (SSSR count). The summed E-state index contributed by atoms with van der Waals surface area (Å²) in [5.74, 6) is 0.182. The third-order valence-electron chi connectivity index (χ3n) is 3.18. The Morgan fingerprint density at radius 1 is 1.18 bits per heavy atom. The van der Waals surface area contributed by atoms with Crippen LogP contribution in [0.5, 0.6) is 0 Å². The Morgan fingerprint density at radius 2 is 1.86 bits per heavy atom. The van der Waals surface area contributed by atoms with Crippen LogP contribution >= 0.6 is 11.6 Å². The van der Waals surface area contributed by atoms with Gasteiger partial charge in [0.25, 0.3) is 5.91 Å². The van der Waals surface area contributed by atoms with Crippen molar-refractivity contribution in [3.8, 4) is 0 Å². The standard InChI is InChI=1S/C15H17ClN4O2/c1-9(14(21)10-3-5-11(16)6-4-10)18-13-8-7-12(19-20-13)15(22)17-2/h3-9,14,21H,1-2H3,(H,17,22)(H,18,20)/t9-,14+/m0/s1. The maximum absolute atomic E-state index is 11.4. The minimum absolute atomic E-state index is 0.235. The van der Waals surface area contributed by atoms with E-state index in [2.05, 4.69) is 20.8 Å². The number of hydrogen-bond acceptors (Lipinski definition) is 5. The van der Waals surface area contributed by atoms with Gasteiger partial charge in [0.15, 0.2) is 5.69 Å². The van der Waals surface area contributed by atoms with Gasteiger partial charge in [-0.2, -0.15) is 0 Å². The quantitative estimate of drug-likeness (QED) is 0.784. The number of rotatable bonds is 5. The molecule has 1 aromatic carbocycles. The lowest BCUT2D eigenvalue weighted by Gasteiger charge is -2.21. The maximum atomic E-state index is 11.4. The summed E-state index contributed by atoms with van der Waals surface area (Å²) >= 11 is 5.83. The molecule has 1 amide bonds. The normalized spacial score (nSPS) is 13.3. The Kier molecular flexibility index (Phi) is 5.30. The second-order valence-electron chi connectivity index (χ2n) is 4.81. The first-order valence-electron chi connectivity index (χ1n) is 6.77. The molecule has 0 fully saturated rings. The Balaban J connectivity index is 2.03. The van der Waals surface area contributed by atoms with Gasteiger partial charge in [-0.1, -0.05) is 23.7 Å². The molecular formula is C15H17ClN4O2. The van der Waals surface area contributed by atoms with Gasteiger partial charge in [-0.15, -0.1) is 10.2 Å². The lowest BCUT2D eigenvalue weighted by atomic mass is 10.0. The van der Waals surface area contributed by atoms with Crippen molar-refractivity contribution in [2.24, 2.45) is 0 Å². The first-order chi connectivity index (χ1) is 10.5. The largest absolute Gasteiger partial charge is 0.386 e. The second kappa shape index (κ2) is 7.20. The summed E-state index contributed by atoms with van der Waals surface area (Å²) < 4.78 is 0. The number of anilines is 1. The van der Waals surface area contributed by atoms with E-state index in [-0.39, 0.29) is 17.6 Å². The summed E-state index contributed by atoms with van der Waals surface area (Å²) in [6.45, 7) is 1.83. The van der Waals surface area contributed by atoms with Crippen LogP contribution in [0.3, 0.4) is 0 Å². The number of benzene rings is 1. The Labute approximate surface area is 133 Å².